The van der Waals surface area contributed by atoms with Gasteiger partial charge in [-0.1, -0.05) is 6.92 Å². The third-order valence-electron chi connectivity index (χ3n) is 3.45. The summed E-state index contributed by atoms with van der Waals surface area (Å²) < 4.78 is 25.7. The Bertz CT molecular complexity index is 306. The number of rotatable bonds is 6. The highest BCUT2D eigenvalue weighted by atomic mass is 32.2. The summed E-state index contributed by atoms with van der Waals surface area (Å²) in [6.45, 7) is 9.60. The van der Waals surface area contributed by atoms with Crippen LogP contribution in [0, 0.1) is 5.92 Å². The van der Waals surface area contributed by atoms with E-state index in [1.165, 1.54) is 12.8 Å². The molecule has 1 rings (SSSR count). The molecule has 0 spiro atoms. The van der Waals surface area contributed by atoms with Gasteiger partial charge in [0.05, 0.1) is 5.25 Å². The van der Waals surface area contributed by atoms with Crippen molar-refractivity contribution in [1.29, 1.82) is 0 Å². The molecule has 0 saturated carbocycles. The highest BCUT2D eigenvalue weighted by Crippen LogP contribution is 2.15. The predicted molar refractivity (Wildman–Crippen MR) is 71.5 cm³/mol. The molecular formula is C12H26N2O2S. The van der Waals surface area contributed by atoms with E-state index in [2.05, 4.69) is 16.5 Å². The van der Waals surface area contributed by atoms with Gasteiger partial charge in [-0.05, 0) is 58.7 Å². The third-order valence-corrected chi connectivity index (χ3v) is 5.30. The number of sulfonamides is 1. The van der Waals surface area contributed by atoms with Gasteiger partial charge in [0, 0.05) is 6.54 Å². The Labute approximate surface area is 106 Å². The quantitative estimate of drug-likeness (QED) is 0.737. The number of nitrogens with one attached hydrogen (secondary N) is 1. The summed E-state index contributed by atoms with van der Waals surface area (Å²) >= 11 is 0. The van der Waals surface area contributed by atoms with Crippen LogP contribution in [0.4, 0.5) is 0 Å². The Morgan fingerprint density at radius 1 is 1.29 bits per heavy atom. The summed E-state index contributed by atoms with van der Waals surface area (Å²) in [4.78, 5) is 2.43. The summed E-state index contributed by atoms with van der Waals surface area (Å²) in [7, 11) is -3.08. The van der Waals surface area contributed by atoms with Crippen LogP contribution in [0.3, 0.4) is 0 Å². The smallest absolute Gasteiger partial charge is 0.213 e. The molecule has 0 aromatic heterocycles. The lowest BCUT2D eigenvalue weighted by Gasteiger charge is -2.30. The Morgan fingerprint density at radius 2 is 1.88 bits per heavy atom. The van der Waals surface area contributed by atoms with Crippen molar-refractivity contribution in [2.75, 3.05) is 26.2 Å². The van der Waals surface area contributed by atoms with E-state index in [-0.39, 0.29) is 5.25 Å². The number of nitrogens with zero attached hydrogens (tertiary/aromatic N) is 1. The zero-order valence-electron chi connectivity index (χ0n) is 11.3. The van der Waals surface area contributed by atoms with Gasteiger partial charge in [-0.3, -0.25) is 0 Å². The molecule has 0 unspecified atom stereocenters. The fourth-order valence-electron chi connectivity index (χ4n) is 1.97. The second-order valence-corrected chi connectivity index (χ2v) is 7.69. The van der Waals surface area contributed by atoms with Crippen LogP contribution < -0.4 is 4.72 Å². The van der Waals surface area contributed by atoms with Crippen molar-refractivity contribution < 1.29 is 8.42 Å². The van der Waals surface area contributed by atoms with E-state index in [0.29, 0.717) is 6.54 Å². The van der Waals surface area contributed by atoms with Crippen molar-refractivity contribution in [1.82, 2.24) is 9.62 Å². The van der Waals surface area contributed by atoms with Crippen LogP contribution in [0.25, 0.3) is 0 Å². The molecule has 1 aliphatic rings. The molecule has 1 heterocycles. The summed E-state index contributed by atoms with van der Waals surface area (Å²) in [5.74, 6) is 0.852. The molecule has 0 aromatic carbocycles. The molecular weight excluding hydrogens is 236 g/mol. The minimum Gasteiger partial charge on any atom is -0.303 e. The fourth-order valence-corrected chi connectivity index (χ4v) is 2.73. The van der Waals surface area contributed by atoms with E-state index < -0.39 is 10.0 Å². The van der Waals surface area contributed by atoms with Crippen molar-refractivity contribution in [3.63, 3.8) is 0 Å². The topological polar surface area (TPSA) is 49.4 Å². The van der Waals surface area contributed by atoms with Gasteiger partial charge in [0.1, 0.15) is 0 Å². The van der Waals surface area contributed by atoms with Crippen LogP contribution in [0.1, 0.15) is 40.0 Å². The van der Waals surface area contributed by atoms with E-state index in [4.69, 9.17) is 0 Å². The highest BCUT2D eigenvalue weighted by molar-refractivity contribution is 7.90. The van der Waals surface area contributed by atoms with Crippen molar-refractivity contribution in [2.45, 2.75) is 45.3 Å². The normalized spacial score (nSPS) is 20.0. The first-order chi connectivity index (χ1) is 7.92. The van der Waals surface area contributed by atoms with Crippen LogP contribution >= 0.6 is 0 Å². The predicted octanol–water partition coefficient (Wildman–Crippen LogP) is 1.44. The molecule has 0 atom stereocenters. The third kappa shape index (κ3) is 5.36. The SMILES string of the molecule is CC1CCN(CCCNS(=O)(=O)C(C)C)CC1. The number of piperidine rings is 1. The van der Waals surface area contributed by atoms with Gasteiger partial charge < -0.3 is 4.90 Å². The molecule has 0 amide bonds. The van der Waals surface area contributed by atoms with E-state index in [0.717, 1.165) is 32.0 Å². The van der Waals surface area contributed by atoms with Crippen LogP contribution in [0.2, 0.25) is 0 Å². The maximum Gasteiger partial charge on any atom is 0.213 e. The Kier molecular flexibility index (Phi) is 5.89. The zero-order chi connectivity index (χ0) is 12.9. The molecule has 5 heteroatoms. The average molecular weight is 262 g/mol. The Hall–Kier alpha value is -0.130. The molecule has 0 aliphatic carbocycles. The lowest BCUT2D eigenvalue weighted by molar-refractivity contribution is 0.191. The summed E-state index contributed by atoms with van der Waals surface area (Å²) in [6, 6.07) is 0. The molecule has 0 aromatic rings. The summed E-state index contributed by atoms with van der Waals surface area (Å²) in [5.41, 5.74) is 0. The van der Waals surface area contributed by atoms with Crippen LogP contribution in [0.5, 0.6) is 0 Å². The van der Waals surface area contributed by atoms with Gasteiger partial charge in [-0.2, -0.15) is 0 Å². The minimum atomic E-state index is -3.08. The Balaban J connectivity index is 2.12. The van der Waals surface area contributed by atoms with E-state index in [1.807, 2.05) is 0 Å². The molecule has 0 radical (unpaired) electrons. The number of hydrogen-bond acceptors (Lipinski definition) is 3. The van der Waals surface area contributed by atoms with Gasteiger partial charge in [-0.15, -0.1) is 0 Å². The fraction of sp³-hybridized carbons (Fsp3) is 1.00. The molecule has 1 saturated heterocycles. The van der Waals surface area contributed by atoms with Crippen molar-refractivity contribution in [2.24, 2.45) is 5.92 Å². The Morgan fingerprint density at radius 3 is 2.41 bits per heavy atom. The molecule has 1 aliphatic heterocycles. The van der Waals surface area contributed by atoms with E-state index in [1.54, 1.807) is 13.8 Å². The zero-order valence-corrected chi connectivity index (χ0v) is 12.1. The van der Waals surface area contributed by atoms with E-state index in [9.17, 15) is 8.42 Å². The number of likely N-dealkylation sites (tertiary alicyclic amines) is 1. The molecule has 1 N–H and O–H groups in total. The first kappa shape index (κ1) is 14.9. The monoisotopic (exact) mass is 262 g/mol. The summed E-state index contributed by atoms with van der Waals surface area (Å²) in [5, 5.41) is -0.335. The lowest BCUT2D eigenvalue weighted by atomic mass is 9.99. The van der Waals surface area contributed by atoms with Gasteiger partial charge in [0.2, 0.25) is 10.0 Å². The van der Waals surface area contributed by atoms with Crippen LogP contribution in [-0.2, 0) is 10.0 Å². The maximum absolute atomic E-state index is 11.5. The molecule has 1 fully saturated rings. The first-order valence-corrected chi connectivity index (χ1v) is 8.17. The summed E-state index contributed by atoms with van der Waals surface area (Å²) in [6.07, 6.45) is 3.45. The lowest BCUT2D eigenvalue weighted by Crippen LogP contribution is -2.36. The van der Waals surface area contributed by atoms with Gasteiger partial charge in [0.25, 0.3) is 0 Å². The first-order valence-electron chi connectivity index (χ1n) is 6.62. The highest BCUT2D eigenvalue weighted by Gasteiger charge is 2.16. The van der Waals surface area contributed by atoms with Crippen LogP contribution in [-0.4, -0.2) is 44.7 Å². The van der Waals surface area contributed by atoms with E-state index >= 15 is 0 Å². The maximum atomic E-state index is 11.5. The number of hydrogen-bond donors (Lipinski definition) is 1. The molecule has 4 nitrogen and oxygen atoms in total. The molecule has 17 heavy (non-hydrogen) atoms. The van der Waals surface area contributed by atoms with Crippen molar-refractivity contribution in [3.8, 4) is 0 Å². The average Bonchev–Trinajstić information content (AvgIpc) is 2.26. The second-order valence-electron chi connectivity index (χ2n) is 5.37. The standard InChI is InChI=1S/C12H26N2O2S/c1-11(2)17(15,16)13-7-4-8-14-9-5-12(3)6-10-14/h11-13H,4-10H2,1-3H3. The van der Waals surface area contributed by atoms with Crippen LogP contribution in [0.15, 0.2) is 0 Å². The molecule has 0 bridgehead atoms. The molecule has 102 valence electrons. The second kappa shape index (κ2) is 6.71. The largest absolute Gasteiger partial charge is 0.303 e. The van der Waals surface area contributed by atoms with Gasteiger partial charge >= 0.3 is 0 Å². The van der Waals surface area contributed by atoms with Gasteiger partial charge in [-0.25, -0.2) is 13.1 Å². The van der Waals surface area contributed by atoms with Gasteiger partial charge in [0.15, 0.2) is 0 Å². The van der Waals surface area contributed by atoms with Crippen molar-refractivity contribution in [3.05, 3.63) is 0 Å². The minimum absolute atomic E-state index is 0.335. The van der Waals surface area contributed by atoms with Crippen molar-refractivity contribution >= 4 is 10.0 Å².